The molecule has 1 aromatic heterocycles. The molecule has 1 saturated heterocycles. The quantitative estimate of drug-likeness (QED) is 0.872. The molecule has 1 aromatic rings. The van der Waals surface area contributed by atoms with Crippen LogP contribution in [0.4, 0.5) is 5.82 Å². The van der Waals surface area contributed by atoms with Crippen molar-refractivity contribution in [1.29, 1.82) is 0 Å². The SMILES string of the molecule is CCC1CCCN(c2cc(C(=O)O)ccn2)C1. The first kappa shape index (κ1) is 11.9. The first-order chi connectivity index (χ1) is 8.20. The van der Waals surface area contributed by atoms with Gasteiger partial charge in [0.15, 0.2) is 0 Å². The van der Waals surface area contributed by atoms with Crippen LogP contribution in [-0.2, 0) is 0 Å². The van der Waals surface area contributed by atoms with Crippen LogP contribution in [0, 0.1) is 5.92 Å². The summed E-state index contributed by atoms with van der Waals surface area (Å²) in [7, 11) is 0. The first-order valence-corrected chi connectivity index (χ1v) is 6.15. The molecule has 0 amide bonds. The number of pyridine rings is 1. The third kappa shape index (κ3) is 2.75. The van der Waals surface area contributed by atoms with Crippen LogP contribution in [-0.4, -0.2) is 29.1 Å². The molecule has 17 heavy (non-hydrogen) atoms. The number of nitrogens with zero attached hydrogens (tertiary/aromatic N) is 2. The summed E-state index contributed by atoms with van der Waals surface area (Å²) in [4.78, 5) is 17.4. The highest BCUT2D eigenvalue weighted by molar-refractivity contribution is 5.88. The van der Waals surface area contributed by atoms with Crippen molar-refractivity contribution < 1.29 is 9.90 Å². The van der Waals surface area contributed by atoms with Crippen molar-refractivity contribution in [2.45, 2.75) is 26.2 Å². The molecule has 0 saturated carbocycles. The van der Waals surface area contributed by atoms with E-state index in [2.05, 4.69) is 16.8 Å². The van der Waals surface area contributed by atoms with E-state index < -0.39 is 5.97 Å². The molecule has 2 heterocycles. The number of aromatic carboxylic acids is 1. The summed E-state index contributed by atoms with van der Waals surface area (Å²) in [6.45, 7) is 4.18. The second-order valence-electron chi connectivity index (χ2n) is 4.57. The zero-order valence-corrected chi connectivity index (χ0v) is 10.1. The van der Waals surface area contributed by atoms with Crippen molar-refractivity contribution in [3.05, 3.63) is 23.9 Å². The molecule has 4 nitrogen and oxygen atoms in total. The third-order valence-electron chi connectivity index (χ3n) is 3.41. The van der Waals surface area contributed by atoms with Crippen molar-refractivity contribution in [2.75, 3.05) is 18.0 Å². The number of piperidine rings is 1. The maximum Gasteiger partial charge on any atom is 0.335 e. The highest BCUT2D eigenvalue weighted by Crippen LogP contribution is 2.23. The lowest BCUT2D eigenvalue weighted by Crippen LogP contribution is -2.35. The van der Waals surface area contributed by atoms with Crippen LogP contribution < -0.4 is 4.90 Å². The molecule has 4 heteroatoms. The zero-order chi connectivity index (χ0) is 12.3. The Morgan fingerprint density at radius 3 is 3.18 bits per heavy atom. The summed E-state index contributed by atoms with van der Waals surface area (Å²) < 4.78 is 0. The monoisotopic (exact) mass is 234 g/mol. The Morgan fingerprint density at radius 2 is 2.47 bits per heavy atom. The molecule has 1 aliphatic rings. The highest BCUT2D eigenvalue weighted by Gasteiger charge is 2.20. The van der Waals surface area contributed by atoms with Gasteiger partial charge in [0, 0.05) is 19.3 Å². The van der Waals surface area contributed by atoms with Gasteiger partial charge >= 0.3 is 5.97 Å². The summed E-state index contributed by atoms with van der Waals surface area (Å²) in [6.07, 6.45) is 5.19. The molecular weight excluding hydrogens is 216 g/mol. The maximum absolute atomic E-state index is 10.9. The van der Waals surface area contributed by atoms with Gasteiger partial charge in [-0.3, -0.25) is 0 Å². The average Bonchev–Trinajstić information content (AvgIpc) is 2.39. The van der Waals surface area contributed by atoms with Gasteiger partial charge in [0.05, 0.1) is 5.56 Å². The zero-order valence-electron chi connectivity index (χ0n) is 10.1. The first-order valence-electron chi connectivity index (χ1n) is 6.15. The Kier molecular flexibility index (Phi) is 3.61. The molecule has 0 spiro atoms. The fourth-order valence-electron chi connectivity index (χ4n) is 2.33. The van der Waals surface area contributed by atoms with Crippen LogP contribution in [0.1, 0.15) is 36.5 Å². The van der Waals surface area contributed by atoms with Crippen molar-refractivity contribution in [3.8, 4) is 0 Å². The molecule has 1 N–H and O–H groups in total. The maximum atomic E-state index is 10.9. The minimum Gasteiger partial charge on any atom is -0.478 e. The summed E-state index contributed by atoms with van der Waals surface area (Å²) in [6, 6.07) is 3.20. The van der Waals surface area contributed by atoms with Crippen LogP contribution in [0.2, 0.25) is 0 Å². The van der Waals surface area contributed by atoms with E-state index >= 15 is 0 Å². The molecule has 1 fully saturated rings. The summed E-state index contributed by atoms with van der Waals surface area (Å²) in [5.74, 6) is 0.611. The van der Waals surface area contributed by atoms with Gasteiger partial charge in [0.25, 0.3) is 0 Å². The molecule has 1 unspecified atom stereocenters. The standard InChI is InChI=1S/C13H18N2O2/c1-2-10-4-3-7-15(9-10)12-8-11(13(16)17)5-6-14-12/h5-6,8,10H,2-4,7,9H2,1H3,(H,16,17). The van der Waals surface area contributed by atoms with Gasteiger partial charge in [-0.05, 0) is 30.9 Å². The predicted molar refractivity (Wildman–Crippen MR) is 66.4 cm³/mol. The Labute approximate surface area is 101 Å². The lowest BCUT2D eigenvalue weighted by atomic mass is 9.95. The number of anilines is 1. The van der Waals surface area contributed by atoms with Gasteiger partial charge in [-0.1, -0.05) is 13.3 Å². The largest absolute Gasteiger partial charge is 0.478 e. The van der Waals surface area contributed by atoms with Gasteiger partial charge in [-0.25, -0.2) is 9.78 Å². The second kappa shape index (κ2) is 5.17. The molecule has 2 rings (SSSR count). The summed E-state index contributed by atoms with van der Waals surface area (Å²) in [5.41, 5.74) is 0.314. The molecular formula is C13H18N2O2. The number of rotatable bonds is 3. The van der Waals surface area contributed by atoms with Crippen molar-refractivity contribution >= 4 is 11.8 Å². The van der Waals surface area contributed by atoms with E-state index in [1.807, 2.05) is 0 Å². The number of carboxylic acids is 1. The lowest BCUT2D eigenvalue weighted by molar-refractivity contribution is 0.0697. The average molecular weight is 234 g/mol. The number of hydrogen-bond donors (Lipinski definition) is 1. The van der Waals surface area contributed by atoms with Gasteiger partial charge < -0.3 is 10.0 Å². The van der Waals surface area contributed by atoms with E-state index in [9.17, 15) is 4.79 Å². The van der Waals surface area contributed by atoms with E-state index in [-0.39, 0.29) is 0 Å². The number of aromatic nitrogens is 1. The fourth-order valence-corrected chi connectivity index (χ4v) is 2.33. The minimum absolute atomic E-state index is 0.314. The molecule has 0 aromatic carbocycles. The molecule has 1 aliphatic heterocycles. The predicted octanol–water partition coefficient (Wildman–Crippen LogP) is 2.41. The van der Waals surface area contributed by atoms with Crippen LogP contribution >= 0.6 is 0 Å². The molecule has 0 aliphatic carbocycles. The Balaban J connectivity index is 2.16. The van der Waals surface area contributed by atoms with E-state index in [0.717, 1.165) is 25.3 Å². The minimum atomic E-state index is -0.891. The van der Waals surface area contributed by atoms with Gasteiger partial charge in [-0.15, -0.1) is 0 Å². The number of hydrogen-bond acceptors (Lipinski definition) is 3. The van der Waals surface area contributed by atoms with Crippen molar-refractivity contribution in [2.24, 2.45) is 5.92 Å². The number of carbonyl (C=O) groups is 1. The Hall–Kier alpha value is -1.58. The van der Waals surface area contributed by atoms with E-state index in [0.29, 0.717) is 11.5 Å². The van der Waals surface area contributed by atoms with Crippen molar-refractivity contribution in [1.82, 2.24) is 4.98 Å². The van der Waals surface area contributed by atoms with E-state index in [4.69, 9.17) is 5.11 Å². The Morgan fingerprint density at radius 1 is 1.65 bits per heavy atom. The molecule has 92 valence electrons. The summed E-state index contributed by atoms with van der Waals surface area (Å²) in [5, 5.41) is 8.96. The normalized spacial score (nSPS) is 20.3. The second-order valence-corrected chi connectivity index (χ2v) is 4.57. The molecule has 0 radical (unpaired) electrons. The fraction of sp³-hybridized carbons (Fsp3) is 0.538. The smallest absolute Gasteiger partial charge is 0.335 e. The Bertz CT molecular complexity index is 406. The van der Waals surface area contributed by atoms with Crippen LogP contribution in [0.5, 0.6) is 0 Å². The number of carboxylic acid groups (broad SMARTS) is 1. The van der Waals surface area contributed by atoms with Gasteiger partial charge in [-0.2, -0.15) is 0 Å². The molecule has 0 bridgehead atoms. The third-order valence-corrected chi connectivity index (χ3v) is 3.41. The molecule has 1 atom stereocenters. The summed E-state index contributed by atoms with van der Waals surface area (Å²) >= 11 is 0. The highest BCUT2D eigenvalue weighted by atomic mass is 16.4. The van der Waals surface area contributed by atoms with Gasteiger partial charge in [0.2, 0.25) is 0 Å². The van der Waals surface area contributed by atoms with E-state index in [1.165, 1.54) is 18.9 Å². The topological polar surface area (TPSA) is 53.4 Å². The van der Waals surface area contributed by atoms with Crippen molar-refractivity contribution in [3.63, 3.8) is 0 Å². The van der Waals surface area contributed by atoms with Gasteiger partial charge in [0.1, 0.15) is 5.82 Å². The van der Waals surface area contributed by atoms with Crippen LogP contribution in [0.3, 0.4) is 0 Å². The van der Waals surface area contributed by atoms with Crippen LogP contribution in [0.25, 0.3) is 0 Å². The van der Waals surface area contributed by atoms with E-state index in [1.54, 1.807) is 12.3 Å². The van der Waals surface area contributed by atoms with Crippen LogP contribution in [0.15, 0.2) is 18.3 Å². The lowest BCUT2D eigenvalue weighted by Gasteiger charge is -2.33.